The van der Waals surface area contributed by atoms with Crippen LogP contribution in [0, 0.1) is 9.49 Å². The Bertz CT molecular complexity index is 306. The summed E-state index contributed by atoms with van der Waals surface area (Å²) in [6.07, 6.45) is -0.481. The van der Waals surface area contributed by atoms with Crippen molar-refractivity contribution in [1.82, 2.24) is 0 Å². The molecule has 0 aromatic heterocycles. The molecule has 1 aromatic rings. The van der Waals surface area contributed by atoms with Crippen molar-refractivity contribution < 1.29 is 5.11 Å². The molecular formula is C11H17ClINO. The van der Waals surface area contributed by atoms with Gasteiger partial charge >= 0.3 is 0 Å². The zero-order valence-corrected chi connectivity index (χ0v) is 11.8. The second-order valence-electron chi connectivity index (χ2n) is 3.78. The monoisotopic (exact) mass is 341 g/mol. The molecule has 1 aromatic carbocycles. The maximum atomic E-state index is 9.84. The van der Waals surface area contributed by atoms with Gasteiger partial charge in [0.25, 0.3) is 0 Å². The molecule has 0 aliphatic heterocycles. The summed E-state index contributed by atoms with van der Waals surface area (Å²) in [5.74, 6) is 0.181. The largest absolute Gasteiger partial charge is 0.391 e. The van der Waals surface area contributed by atoms with E-state index in [0.717, 1.165) is 9.13 Å². The van der Waals surface area contributed by atoms with Crippen LogP contribution in [0.5, 0.6) is 0 Å². The molecule has 3 N–H and O–H groups in total. The van der Waals surface area contributed by atoms with E-state index in [9.17, 15) is 5.11 Å². The van der Waals surface area contributed by atoms with Gasteiger partial charge in [-0.05, 0) is 40.1 Å². The summed E-state index contributed by atoms with van der Waals surface area (Å²) < 4.78 is 1.11. The molecule has 4 heteroatoms. The van der Waals surface area contributed by atoms with Crippen LogP contribution in [0.3, 0.4) is 0 Å². The van der Waals surface area contributed by atoms with Crippen LogP contribution in [0.15, 0.2) is 24.3 Å². The number of halogens is 2. The molecule has 0 aliphatic rings. The normalized spacial score (nSPS) is 14.5. The quantitative estimate of drug-likeness (QED) is 0.831. The Morgan fingerprint density at radius 2 is 1.80 bits per heavy atom. The summed E-state index contributed by atoms with van der Waals surface area (Å²) >= 11 is 2.24. The van der Waals surface area contributed by atoms with E-state index in [1.54, 1.807) is 0 Å². The van der Waals surface area contributed by atoms with Crippen molar-refractivity contribution in [2.45, 2.75) is 26.0 Å². The van der Waals surface area contributed by atoms with E-state index in [4.69, 9.17) is 5.73 Å². The van der Waals surface area contributed by atoms with Crippen LogP contribution in [0.4, 0.5) is 0 Å². The Morgan fingerprint density at radius 1 is 1.27 bits per heavy atom. The second-order valence-corrected chi connectivity index (χ2v) is 4.94. The summed E-state index contributed by atoms with van der Waals surface area (Å²) in [5, 5.41) is 9.84. The first-order valence-electron chi connectivity index (χ1n) is 4.72. The van der Waals surface area contributed by atoms with Crippen molar-refractivity contribution >= 4 is 35.0 Å². The number of rotatable bonds is 3. The molecule has 0 saturated heterocycles. The highest BCUT2D eigenvalue weighted by molar-refractivity contribution is 14.1. The van der Waals surface area contributed by atoms with E-state index >= 15 is 0 Å². The average Bonchev–Trinajstić information content (AvgIpc) is 2.16. The van der Waals surface area contributed by atoms with Crippen molar-refractivity contribution in [2.75, 3.05) is 0 Å². The first-order valence-corrected chi connectivity index (χ1v) is 5.80. The van der Waals surface area contributed by atoms with Gasteiger partial charge in [0.15, 0.2) is 0 Å². The minimum Gasteiger partial charge on any atom is -0.391 e. The van der Waals surface area contributed by atoms with Crippen molar-refractivity contribution in [2.24, 2.45) is 11.7 Å². The van der Waals surface area contributed by atoms with E-state index in [2.05, 4.69) is 22.6 Å². The smallest absolute Gasteiger partial charge is 0.0755 e. The molecule has 2 atom stereocenters. The topological polar surface area (TPSA) is 46.2 Å². The minimum absolute atomic E-state index is 0. The average molecular weight is 342 g/mol. The van der Waals surface area contributed by atoms with Crippen LogP contribution in [-0.2, 0) is 0 Å². The van der Waals surface area contributed by atoms with E-state index in [1.807, 2.05) is 38.1 Å². The summed E-state index contributed by atoms with van der Waals surface area (Å²) in [6, 6.07) is 7.61. The number of hydrogen-bond acceptors (Lipinski definition) is 2. The fraction of sp³-hybridized carbons (Fsp3) is 0.455. The first kappa shape index (κ1) is 15.2. The van der Waals surface area contributed by atoms with Gasteiger partial charge in [-0.3, -0.25) is 0 Å². The van der Waals surface area contributed by atoms with Gasteiger partial charge < -0.3 is 10.8 Å². The van der Waals surface area contributed by atoms with Crippen molar-refractivity contribution in [3.63, 3.8) is 0 Å². The van der Waals surface area contributed by atoms with Gasteiger partial charge in [0.05, 0.1) is 12.1 Å². The molecule has 0 amide bonds. The molecule has 0 heterocycles. The van der Waals surface area contributed by atoms with Crippen LogP contribution in [0.25, 0.3) is 0 Å². The number of nitrogens with two attached hydrogens (primary N) is 1. The number of aliphatic hydroxyl groups excluding tert-OH is 1. The van der Waals surface area contributed by atoms with Gasteiger partial charge in [0.1, 0.15) is 0 Å². The molecule has 15 heavy (non-hydrogen) atoms. The molecule has 0 unspecified atom stereocenters. The molecule has 0 radical (unpaired) electrons. The SMILES string of the molecule is CC(C)[C@@H](O)[C@@H](N)c1ccccc1I.Cl. The van der Waals surface area contributed by atoms with Gasteiger partial charge in [-0.2, -0.15) is 0 Å². The van der Waals surface area contributed by atoms with Gasteiger partial charge in [0.2, 0.25) is 0 Å². The molecule has 1 rings (SSSR count). The fourth-order valence-corrected chi connectivity index (χ4v) is 2.09. The van der Waals surface area contributed by atoms with Crippen LogP contribution < -0.4 is 5.73 Å². The van der Waals surface area contributed by atoms with Crippen LogP contribution >= 0.6 is 35.0 Å². The molecule has 0 bridgehead atoms. The predicted molar refractivity (Wildman–Crippen MR) is 74.2 cm³/mol. The molecule has 86 valence electrons. The van der Waals surface area contributed by atoms with E-state index in [0.29, 0.717) is 0 Å². The van der Waals surface area contributed by atoms with E-state index < -0.39 is 6.10 Å². The van der Waals surface area contributed by atoms with E-state index in [1.165, 1.54) is 0 Å². The molecular weight excluding hydrogens is 324 g/mol. The number of hydrogen-bond donors (Lipinski definition) is 2. The lowest BCUT2D eigenvalue weighted by atomic mass is 9.95. The summed E-state index contributed by atoms with van der Waals surface area (Å²) in [5.41, 5.74) is 7.01. The van der Waals surface area contributed by atoms with Crippen molar-refractivity contribution in [3.8, 4) is 0 Å². The number of benzene rings is 1. The van der Waals surface area contributed by atoms with Gasteiger partial charge in [-0.1, -0.05) is 32.0 Å². The predicted octanol–water partition coefficient (Wildman–Crippen LogP) is 2.73. The lowest BCUT2D eigenvalue weighted by Gasteiger charge is -2.23. The van der Waals surface area contributed by atoms with Crippen molar-refractivity contribution in [1.29, 1.82) is 0 Å². The third-order valence-electron chi connectivity index (χ3n) is 2.32. The van der Waals surface area contributed by atoms with E-state index in [-0.39, 0.29) is 24.4 Å². The lowest BCUT2D eigenvalue weighted by Crippen LogP contribution is -2.31. The van der Waals surface area contributed by atoms with Gasteiger partial charge in [-0.15, -0.1) is 12.4 Å². The fourth-order valence-electron chi connectivity index (χ4n) is 1.34. The highest BCUT2D eigenvalue weighted by Gasteiger charge is 2.21. The maximum absolute atomic E-state index is 9.84. The highest BCUT2D eigenvalue weighted by Crippen LogP contribution is 2.23. The summed E-state index contributed by atoms with van der Waals surface area (Å²) in [4.78, 5) is 0. The Kier molecular flexibility index (Phi) is 6.75. The molecule has 2 nitrogen and oxygen atoms in total. The molecule has 0 spiro atoms. The lowest BCUT2D eigenvalue weighted by molar-refractivity contribution is 0.0977. The van der Waals surface area contributed by atoms with Gasteiger partial charge in [0, 0.05) is 3.57 Å². The zero-order chi connectivity index (χ0) is 10.7. The minimum atomic E-state index is -0.481. The highest BCUT2D eigenvalue weighted by atomic mass is 127. The van der Waals surface area contributed by atoms with Crippen LogP contribution in [-0.4, -0.2) is 11.2 Å². The van der Waals surface area contributed by atoms with Crippen molar-refractivity contribution in [3.05, 3.63) is 33.4 Å². The van der Waals surface area contributed by atoms with Crippen LogP contribution in [0.1, 0.15) is 25.5 Å². The Hall–Kier alpha value is 0.160. The van der Waals surface area contributed by atoms with Gasteiger partial charge in [-0.25, -0.2) is 0 Å². The molecule has 0 fully saturated rings. The maximum Gasteiger partial charge on any atom is 0.0755 e. The molecule has 0 saturated carbocycles. The zero-order valence-electron chi connectivity index (χ0n) is 8.85. The Labute approximate surface area is 111 Å². The third kappa shape index (κ3) is 3.90. The first-order chi connectivity index (χ1) is 6.54. The summed E-state index contributed by atoms with van der Waals surface area (Å²) in [6.45, 7) is 3.95. The molecule has 0 aliphatic carbocycles. The van der Waals surface area contributed by atoms with Crippen LogP contribution in [0.2, 0.25) is 0 Å². The third-order valence-corrected chi connectivity index (χ3v) is 3.30. The Balaban J connectivity index is 0.00000196. The number of aliphatic hydroxyl groups is 1. The summed E-state index contributed by atoms with van der Waals surface area (Å²) in [7, 11) is 0. The standard InChI is InChI=1S/C11H16INO.ClH/c1-7(2)11(14)10(13)8-5-3-4-6-9(8)12;/h3-7,10-11,14H,13H2,1-2H3;1H/t10-,11+;/m0./s1. The Morgan fingerprint density at radius 3 is 2.27 bits per heavy atom. The second kappa shape index (κ2) is 6.68.